The monoisotopic (exact) mass is 950 g/mol. The molecule has 0 radical (unpaired) electrons. The van der Waals surface area contributed by atoms with Gasteiger partial charge in [0.1, 0.15) is 19.5 Å². The van der Waals surface area contributed by atoms with E-state index in [9.17, 15) is 19.5 Å². The maximum Gasteiger partial charge on any atom is 0.308 e. The van der Waals surface area contributed by atoms with Crippen LogP contribution in [-0.4, -0.2) is 56.1 Å². The van der Waals surface area contributed by atoms with Gasteiger partial charge in [0.25, 0.3) is 0 Å². The van der Waals surface area contributed by atoms with Crippen LogP contribution in [-0.2, 0) is 32.3 Å². The highest BCUT2D eigenvalue weighted by atomic mass is 16.7. The van der Waals surface area contributed by atoms with Crippen molar-refractivity contribution < 1.29 is 66.9 Å². The third kappa shape index (κ3) is 14.9. The highest BCUT2D eigenvalue weighted by Gasteiger charge is 2.35. The first kappa shape index (κ1) is 51.7. The van der Waals surface area contributed by atoms with Crippen LogP contribution in [0.4, 0.5) is 0 Å². The number of ether oxygens (including phenoxy) is 10. The summed E-state index contributed by atoms with van der Waals surface area (Å²) in [5, 5.41) is 10.2. The molecule has 0 amide bonds. The van der Waals surface area contributed by atoms with Crippen molar-refractivity contribution in [1.29, 1.82) is 0 Å². The van der Waals surface area contributed by atoms with Gasteiger partial charge in [-0.2, -0.15) is 0 Å². The van der Waals surface area contributed by atoms with Crippen LogP contribution in [0.5, 0.6) is 46.0 Å². The zero-order valence-electron chi connectivity index (χ0n) is 41.0. The van der Waals surface area contributed by atoms with Crippen molar-refractivity contribution in [3.8, 4) is 46.0 Å². The van der Waals surface area contributed by atoms with E-state index in [0.29, 0.717) is 41.3 Å². The molecular weight excluding hydrogens is 885 g/mol. The van der Waals surface area contributed by atoms with Gasteiger partial charge in [0.05, 0.1) is 11.5 Å². The van der Waals surface area contributed by atoms with E-state index in [1.165, 1.54) is 32.6 Å². The fourth-order valence-electron chi connectivity index (χ4n) is 8.28. The van der Waals surface area contributed by atoms with Gasteiger partial charge in [-0.25, -0.2) is 0 Å². The zero-order valence-corrected chi connectivity index (χ0v) is 41.0. The second kappa shape index (κ2) is 24.6. The Kier molecular flexibility index (Phi) is 18.4. The maximum atomic E-state index is 11.3. The summed E-state index contributed by atoms with van der Waals surface area (Å²) >= 11 is 0. The second-order valence-corrected chi connectivity index (χ2v) is 18.3. The lowest BCUT2D eigenvalue weighted by molar-refractivity contribution is -0.148. The predicted octanol–water partition coefficient (Wildman–Crippen LogP) is 11.2. The molecule has 2 aliphatic carbocycles. The maximum absolute atomic E-state index is 11.3. The van der Waals surface area contributed by atoms with Crippen LogP contribution >= 0.6 is 0 Å². The van der Waals surface area contributed by atoms with Crippen LogP contribution in [0.1, 0.15) is 115 Å². The summed E-state index contributed by atoms with van der Waals surface area (Å²) in [7, 11) is 0. The third-order valence-electron chi connectivity index (χ3n) is 12.3. The molecule has 14 heteroatoms. The van der Waals surface area contributed by atoms with Crippen molar-refractivity contribution in [3.63, 3.8) is 0 Å². The predicted molar refractivity (Wildman–Crippen MR) is 259 cm³/mol. The van der Waals surface area contributed by atoms with Crippen LogP contribution < -0.4 is 37.9 Å². The fraction of sp³-hybridized carbons (Fsp3) is 0.436. The Bertz CT molecular complexity index is 2450. The summed E-state index contributed by atoms with van der Waals surface area (Å²) < 4.78 is 51.3. The number of hydrogen-bond donors (Lipinski definition) is 1. The molecule has 69 heavy (non-hydrogen) atoms. The normalized spacial score (nSPS) is 18.5. The molecule has 370 valence electrons. The Hall–Kier alpha value is -6.67. The Morgan fingerprint density at radius 2 is 1.09 bits per heavy atom. The highest BCUT2D eigenvalue weighted by Crippen LogP contribution is 2.46. The molecule has 4 heterocycles. The van der Waals surface area contributed by atoms with E-state index in [4.69, 9.17) is 47.4 Å². The molecule has 4 aliphatic heterocycles. The van der Waals surface area contributed by atoms with Crippen molar-refractivity contribution in [3.05, 3.63) is 112 Å². The minimum absolute atomic E-state index is 0.103. The van der Waals surface area contributed by atoms with Crippen LogP contribution in [0, 0.1) is 23.7 Å². The molecule has 0 spiro atoms. The van der Waals surface area contributed by atoms with E-state index >= 15 is 0 Å². The number of aliphatic hydroxyl groups is 1. The quantitative estimate of drug-likeness (QED) is 0.101. The van der Waals surface area contributed by atoms with Crippen LogP contribution in [0.2, 0.25) is 0 Å². The number of aldehydes is 1. The molecule has 0 aromatic heterocycles. The summed E-state index contributed by atoms with van der Waals surface area (Å²) in [6, 6.07) is 22.0. The SMILES string of the molecule is C/C=C/c1ccc2c(c1)OCO2.CC(=O)OCc1ccc2c(c1)OCO2.CC(C)C(=O)OCc1ccc2c(c1)OCO2.C[C@H]1CCC(C(C)(C)O)CC2=C1CC[C@@H]2C.O=Cc1ccc2c(c1)OCO2. The number of hydrogen-bond acceptors (Lipinski definition) is 14. The van der Waals surface area contributed by atoms with Gasteiger partial charge in [-0.1, -0.05) is 69.2 Å². The lowest BCUT2D eigenvalue weighted by Gasteiger charge is -2.30. The van der Waals surface area contributed by atoms with Gasteiger partial charge in [-0.15, -0.1) is 0 Å². The fourth-order valence-corrected chi connectivity index (χ4v) is 8.28. The van der Waals surface area contributed by atoms with Crippen LogP contribution in [0.25, 0.3) is 6.08 Å². The van der Waals surface area contributed by atoms with E-state index in [-0.39, 0.29) is 51.4 Å². The van der Waals surface area contributed by atoms with E-state index in [1.807, 2.05) is 95.3 Å². The Balaban J connectivity index is 0.000000143. The first-order chi connectivity index (χ1) is 33.1. The lowest BCUT2D eigenvalue weighted by Crippen LogP contribution is -2.31. The Labute approximate surface area is 405 Å². The number of carbonyl (C=O) groups is 3. The van der Waals surface area contributed by atoms with E-state index < -0.39 is 5.60 Å². The molecule has 0 fully saturated rings. The summed E-state index contributed by atoms with van der Waals surface area (Å²) in [6.45, 7) is 17.3. The van der Waals surface area contributed by atoms with Crippen molar-refractivity contribution >= 4 is 24.3 Å². The molecule has 10 rings (SSSR count). The van der Waals surface area contributed by atoms with Crippen LogP contribution in [0.3, 0.4) is 0 Å². The number of fused-ring (bicyclic) bond motifs is 4. The topological polar surface area (TPSA) is 164 Å². The third-order valence-corrected chi connectivity index (χ3v) is 12.3. The van der Waals surface area contributed by atoms with Gasteiger partial charge in [0, 0.05) is 12.5 Å². The van der Waals surface area contributed by atoms with Crippen LogP contribution in [0.15, 0.2) is 90.0 Å². The van der Waals surface area contributed by atoms with Gasteiger partial charge in [0.15, 0.2) is 46.0 Å². The molecule has 14 nitrogen and oxygen atoms in total. The first-order valence-corrected chi connectivity index (χ1v) is 23.5. The summed E-state index contributed by atoms with van der Waals surface area (Å²) in [5.41, 5.74) is 6.46. The average molecular weight is 951 g/mol. The molecule has 4 aromatic rings. The molecule has 1 N–H and O–H groups in total. The Morgan fingerprint density at radius 1 is 0.638 bits per heavy atom. The number of esters is 2. The number of benzene rings is 4. The van der Waals surface area contributed by atoms with Gasteiger partial charge >= 0.3 is 11.9 Å². The molecule has 1 unspecified atom stereocenters. The standard InChI is InChI=1S/C15H26O.C12H14O4.C10H10O4.C10H10O2.C8H6O3/c1-10-5-7-12(15(3,4)16)9-14-11(2)6-8-13(10)14;1-8(2)12(13)14-6-9-3-4-10-11(5-9)16-7-15-10;1-7(11)12-5-8-2-3-9-10(4-8)14-6-13-9;1-2-3-8-4-5-9-10(6-8)12-7-11-9;9-4-6-1-2-7-8(3-6)11-5-10-7/h10-12,16H,5-9H2,1-4H3;3-5,8H,6-7H2,1-2H3;2-4H,5-6H2,1H3;2-6H,7H2,1H3;1-4H,5H2/b;;;3-2+;/t10-,11-,12?;;;;/m0..../s1. The molecule has 0 saturated carbocycles. The Morgan fingerprint density at radius 3 is 1.57 bits per heavy atom. The number of carbonyl (C=O) groups excluding carboxylic acids is 3. The minimum atomic E-state index is -0.509. The van der Waals surface area contributed by atoms with Crippen molar-refractivity contribution in [2.75, 3.05) is 27.2 Å². The lowest BCUT2D eigenvalue weighted by atomic mass is 9.81. The number of rotatable bonds is 8. The van der Waals surface area contributed by atoms with Gasteiger partial charge in [-0.05, 0) is 142 Å². The van der Waals surface area contributed by atoms with Crippen molar-refractivity contribution in [2.45, 2.75) is 106 Å². The molecule has 4 aromatic carbocycles. The van der Waals surface area contributed by atoms with E-state index in [1.54, 1.807) is 35.4 Å². The molecule has 0 saturated heterocycles. The molecule has 0 bridgehead atoms. The van der Waals surface area contributed by atoms with E-state index in [2.05, 4.69) is 13.8 Å². The van der Waals surface area contributed by atoms with Crippen molar-refractivity contribution in [1.82, 2.24) is 0 Å². The largest absolute Gasteiger partial charge is 0.461 e. The van der Waals surface area contributed by atoms with Crippen molar-refractivity contribution in [2.24, 2.45) is 23.7 Å². The minimum Gasteiger partial charge on any atom is -0.461 e. The first-order valence-electron chi connectivity index (χ1n) is 23.5. The molecule has 3 atom stereocenters. The summed E-state index contributed by atoms with van der Waals surface area (Å²) in [5.74, 6) is 7.30. The number of allylic oxidation sites excluding steroid dienone is 3. The van der Waals surface area contributed by atoms with Gasteiger partial charge in [0.2, 0.25) is 27.2 Å². The zero-order chi connectivity index (χ0) is 49.5. The molecule has 6 aliphatic rings. The molecular formula is C55H66O14. The van der Waals surface area contributed by atoms with Gasteiger partial charge < -0.3 is 52.5 Å². The summed E-state index contributed by atoms with van der Waals surface area (Å²) in [6.07, 6.45) is 11.1. The second-order valence-electron chi connectivity index (χ2n) is 18.3. The highest BCUT2D eigenvalue weighted by molar-refractivity contribution is 5.76. The smallest absolute Gasteiger partial charge is 0.308 e. The summed E-state index contributed by atoms with van der Waals surface area (Å²) in [4.78, 5) is 32.2. The average Bonchev–Trinajstić information content (AvgIpc) is 4.20. The van der Waals surface area contributed by atoms with E-state index in [0.717, 1.165) is 64.2 Å². The van der Waals surface area contributed by atoms with Gasteiger partial charge in [-0.3, -0.25) is 14.4 Å².